The normalized spacial score (nSPS) is 11.0. The van der Waals surface area contributed by atoms with E-state index in [2.05, 4.69) is 14.8 Å². The maximum Gasteiger partial charge on any atom is 0.337 e. The molecule has 166 valence electrons. The number of esters is 1. The van der Waals surface area contributed by atoms with Crippen LogP contribution in [-0.4, -0.2) is 27.4 Å². The summed E-state index contributed by atoms with van der Waals surface area (Å²) >= 11 is 12.3. The van der Waals surface area contributed by atoms with Crippen molar-refractivity contribution in [3.63, 3.8) is 0 Å². The van der Waals surface area contributed by atoms with Crippen LogP contribution in [0.1, 0.15) is 26.3 Å². The lowest BCUT2D eigenvalue weighted by molar-refractivity contribution is 0.0600. The molecule has 0 aromatic heterocycles. The van der Waals surface area contributed by atoms with Crippen molar-refractivity contribution in [2.75, 3.05) is 17.1 Å². The zero-order valence-corrected chi connectivity index (χ0v) is 19.3. The van der Waals surface area contributed by atoms with E-state index in [0.717, 1.165) is 5.56 Å². The van der Waals surface area contributed by atoms with Gasteiger partial charge in [0, 0.05) is 5.56 Å². The van der Waals surface area contributed by atoms with E-state index in [-0.39, 0.29) is 37.4 Å². The van der Waals surface area contributed by atoms with E-state index in [1.165, 1.54) is 55.6 Å². The van der Waals surface area contributed by atoms with Gasteiger partial charge in [-0.25, -0.2) is 13.2 Å². The first-order valence-corrected chi connectivity index (χ1v) is 11.4. The first kappa shape index (κ1) is 23.6. The average molecular weight is 493 g/mol. The Labute approximate surface area is 195 Å². The summed E-state index contributed by atoms with van der Waals surface area (Å²) in [5.74, 6) is -1.13. The second kappa shape index (κ2) is 9.60. The van der Waals surface area contributed by atoms with Crippen LogP contribution in [-0.2, 0) is 14.8 Å². The van der Waals surface area contributed by atoms with Crippen molar-refractivity contribution in [1.29, 1.82) is 0 Å². The van der Waals surface area contributed by atoms with Gasteiger partial charge in [0.1, 0.15) is 0 Å². The van der Waals surface area contributed by atoms with Crippen LogP contribution in [0.25, 0.3) is 0 Å². The van der Waals surface area contributed by atoms with Crippen LogP contribution in [0.15, 0.2) is 65.6 Å². The van der Waals surface area contributed by atoms with Gasteiger partial charge in [-0.1, -0.05) is 40.9 Å². The van der Waals surface area contributed by atoms with Gasteiger partial charge in [-0.2, -0.15) is 0 Å². The highest BCUT2D eigenvalue weighted by atomic mass is 35.5. The first-order valence-electron chi connectivity index (χ1n) is 9.19. The molecule has 0 spiro atoms. The highest BCUT2D eigenvalue weighted by molar-refractivity contribution is 7.92. The number of halogens is 2. The fourth-order valence-electron chi connectivity index (χ4n) is 2.72. The van der Waals surface area contributed by atoms with Gasteiger partial charge in [0.05, 0.1) is 39.0 Å². The Morgan fingerprint density at radius 3 is 2.12 bits per heavy atom. The Balaban J connectivity index is 1.80. The molecule has 0 bridgehead atoms. The van der Waals surface area contributed by atoms with Crippen LogP contribution in [0, 0.1) is 6.92 Å². The second-order valence-corrected chi connectivity index (χ2v) is 9.25. The fourth-order valence-corrected chi connectivity index (χ4v) is 4.25. The minimum Gasteiger partial charge on any atom is -0.465 e. The van der Waals surface area contributed by atoms with Crippen LogP contribution in [0.3, 0.4) is 0 Å². The summed E-state index contributed by atoms with van der Waals surface area (Å²) in [5, 5.41) is 2.85. The molecule has 32 heavy (non-hydrogen) atoms. The molecular weight excluding hydrogens is 475 g/mol. The van der Waals surface area contributed by atoms with E-state index in [4.69, 9.17) is 23.2 Å². The lowest BCUT2D eigenvalue weighted by Crippen LogP contribution is -2.15. The molecule has 1 amide bonds. The molecule has 2 N–H and O–H groups in total. The third-order valence-corrected chi connectivity index (χ3v) is 6.47. The molecule has 0 radical (unpaired) electrons. The zero-order chi connectivity index (χ0) is 23.5. The molecule has 0 aliphatic carbocycles. The third kappa shape index (κ3) is 5.40. The summed E-state index contributed by atoms with van der Waals surface area (Å²) in [6.07, 6.45) is 0. The fraction of sp³-hybridized carbons (Fsp3) is 0.0909. The van der Waals surface area contributed by atoms with Crippen molar-refractivity contribution in [3.05, 3.63) is 87.4 Å². The summed E-state index contributed by atoms with van der Waals surface area (Å²) in [6.45, 7) is 1.85. The number of rotatable bonds is 6. The van der Waals surface area contributed by atoms with E-state index in [1.54, 1.807) is 12.1 Å². The molecule has 0 fully saturated rings. The predicted octanol–water partition coefficient (Wildman–Crippen LogP) is 5.14. The maximum atomic E-state index is 12.6. The van der Waals surface area contributed by atoms with Gasteiger partial charge in [-0.05, 0) is 55.5 Å². The number of hydrogen-bond acceptors (Lipinski definition) is 5. The third-order valence-electron chi connectivity index (χ3n) is 4.44. The van der Waals surface area contributed by atoms with Gasteiger partial charge < -0.3 is 10.1 Å². The molecule has 0 saturated heterocycles. The molecule has 3 aromatic rings. The number of sulfonamides is 1. The Hall–Kier alpha value is -3.07. The lowest BCUT2D eigenvalue weighted by atomic mass is 10.1. The maximum absolute atomic E-state index is 12.6. The van der Waals surface area contributed by atoms with Gasteiger partial charge in [-0.3, -0.25) is 9.52 Å². The molecular formula is C22H18Cl2N2O5S. The minimum absolute atomic E-state index is 0.0303. The monoisotopic (exact) mass is 492 g/mol. The Morgan fingerprint density at radius 1 is 0.844 bits per heavy atom. The first-order chi connectivity index (χ1) is 15.1. The molecule has 0 heterocycles. The van der Waals surface area contributed by atoms with Gasteiger partial charge in [0.15, 0.2) is 0 Å². The summed E-state index contributed by atoms with van der Waals surface area (Å²) < 4.78 is 32.2. The highest BCUT2D eigenvalue weighted by Gasteiger charge is 2.18. The Bertz CT molecular complexity index is 1290. The molecule has 0 saturated carbocycles. The molecule has 0 aliphatic heterocycles. The number of ether oxygens (including phenoxy) is 1. The van der Waals surface area contributed by atoms with E-state index in [9.17, 15) is 18.0 Å². The Morgan fingerprint density at radius 2 is 1.50 bits per heavy atom. The van der Waals surface area contributed by atoms with Gasteiger partial charge >= 0.3 is 5.97 Å². The Kier molecular flexibility index (Phi) is 7.08. The number of hydrogen-bond donors (Lipinski definition) is 2. The quantitative estimate of drug-likeness (QED) is 0.463. The van der Waals surface area contributed by atoms with Crippen molar-refractivity contribution in [2.45, 2.75) is 11.8 Å². The summed E-state index contributed by atoms with van der Waals surface area (Å²) in [5.41, 5.74) is 1.63. The van der Waals surface area contributed by atoms with Crippen LogP contribution in [0.2, 0.25) is 10.0 Å². The largest absolute Gasteiger partial charge is 0.465 e. The minimum atomic E-state index is -3.85. The van der Waals surface area contributed by atoms with E-state index >= 15 is 0 Å². The smallest absolute Gasteiger partial charge is 0.337 e. The van der Waals surface area contributed by atoms with Crippen molar-refractivity contribution in [1.82, 2.24) is 0 Å². The standard InChI is InChI=1S/C22H18Cl2N2O5S/c1-13-3-7-16(8-4-13)32(29,30)26-19-10-6-14(11-18(19)24)21(27)25-20-12-15(22(28)31-2)5-9-17(20)23/h3-12,26H,1-2H3,(H,25,27). The van der Waals surface area contributed by atoms with Crippen molar-refractivity contribution >= 4 is 56.5 Å². The second-order valence-electron chi connectivity index (χ2n) is 6.75. The molecule has 0 unspecified atom stereocenters. The number of aryl methyl sites for hydroxylation is 1. The summed E-state index contributed by atoms with van der Waals surface area (Å²) in [6, 6.07) is 14.8. The van der Waals surface area contributed by atoms with E-state index < -0.39 is 21.9 Å². The average Bonchev–Trinajstić information content (AvgIpc) is 2.76. The number of anilines is 2. The topological polar surface area (TPSA) is 102 Å². The summed E-state index contributed by atoms with van der Waals surface area (Å²) in [4.78, 5) is 24.4. The van der Waals surface area contributed by atoms with E-state index in [1.807, 2.05) is 6.92 Å². The molecule has 0 aliphatic rings. The van der Waals surface area contributed by atoms with Gasteiger partial charge in [0.25, 0.3) is 15.9 Å². The van der Waals surface area contributed by atoms with Crippen LogP contribution < -0.4 is 10.0 Å². The van der Waals surface area contributed by atoms with Crippen LogP contribution in [0.4, 0.5) is 11.4 Å². The number of carbonyl (C=O) groups is 2. The number of amides is 1. The number of benzene rings is 3. The molecule has 3 rings (SSSR count). The van der Waals surface area contributed by atoms with Crippen molar-refractivity contribution < 1.29 is 22.7 Å². The number of methoxy groups -OCH3 is 1. The predicted molar refractivity (Wildman–Crippen MR) is 124 cm³/mol. The van der Waals surface area contributed by atoms with Crippen LogP contribution >= 0.6 is 23.2 Å². The highest BCUT2D eigenvalue weighted by Crippen LogP contribution is 2.28. The zero-order valence-electron chi connectivity index (χ0n) is 17.0. The van der Waals surface area contributed by atoms with E-state index in [0.29, 0.717) is 0 Å². The number of nitrogens with one attached hydrogen (secondary N) is 2. The van der Waals surface area contributed by atoms with Gasteiger partial charge in [0.2, 0.25) is 0 Å². The summed E-state index contributed by atoms with van der Waals surface area (Å²) in [7, 11) is -2.61. The molecule has 10 heteroatoms. The van der Waals surface area contributed by atoms with Crippen molar-refractivity contribution in [3.8, 4) is 0 Å². The molecule has 0 atom stereocenters. The molecule has 3 aromatic carbocycles. The number of carbonyl (C=O) groups excluding carboxylic acids is 2. The lowest BCUT2D eigenvalue weighted by Gasteiger charge is -2.12. The van der Waals surface area contributed by atoms with Crippen LogP contribution in [0.5, 0.6) is 0 Å². The van der Waals surface area contributed by atoms with Crippen molar-refractivity contribution in [2.24, 2.45) is 0 Å². The van der Waals surface area contributed by atoms with Gasteiger partial charge in [-0.15, -0.1) is 0 Å². The SMILES string of the molecule is COC(=O)c1ccc(Cl)c(NC(=O)c2ccc(NS(=O)(=O)c3ccc(C)cc3)c(Cl)c2)c1. The molecule has 7 nitrogen and oxygen atoms in total.